The van der Waals surface area contributed by atoms with E-state index < -0.39 is 20.0 Å². The molecule has 0 aliphatic carbocycles. The fourth-order valence-electron chi connectivity index (χ4n) is 7.18. The molecule has 394 valence electrons. The van der Waals surface area contributed by atoms with E-state index in [9.17, 15) is 19.4 Å². The summed E-state index contributed by atoms with van der Waals surface area (Å²) in [6.45, 7) is 4.56. The summed E-state index contributed by atoms with van der Waals surface area (Å²) in [5.74, 6) is -0.195. The summed E-state index contributed by atoms with van der Waals surface area (Å²) in [4.78, 5) is 25.4. The van der Waals surface area contributed by atoms with Crippen molar-refractivity contribution in [2.45, 2.75) is 212 Å². The summed E-state index contributed by atoms with van der Waals surface area (Å²) in [6, 6.07) is -0.822. The lowest BCUT2D eigenvalue weighted by Crippen LogP contribution is -2.46. The van der Waals surface area contributed by atoms with E-state index in [1.165, 1.54) is 57.8 Å². The van der Waals surface area contributed by atoms with Crippen LogP contribution in [0.15, 0.2) is 122 Å². The van der Waals surface area contributed by atoms with Crippen LogP contribution >= 0.6 is 7.82 Å². The molecule has 0 aromatic heterocycles. The second kappa shape index (κ2) is 49.9. The van der Waals surface area contributed by atoms with Gasteiger partial charge in [-0.25, -0.2) is 0 Å². The molecule has 0 saturated carbocycles. The van der Waals surface area contributed by atoms with Crippen LogP contribution < -0.4 is 10.2 Å². The molecule has 1 amide bonds. The minimum Gasteiger partial charge on any atom is -0.756 e. The molecule has 0 saturated heterocycles. The maximum absolute atomic E-state index is 12.9. The van der Waals surface area contributed by atoms with Crippen LogP contribution in [0.5, 0.6) is 0 Å². The van der Waals surface area contributed by atoms with Crippen LogP contribution in [0.3, 0.4) is 0 Å². The lowest BCUT2D eigenvalue weighted by Gasteiger charge is -2.30. The summed E-state index contributed by atoms with van der Waals surface area (Å²) in [5.41, 5.74) is 0. The number of amides is 1. The van der Waals surface area contributed by atoms with Crippen molar-refractivity contribution in [2.24, 2.45) is 0 Å². The number of hydrogen-bond donors (Lipinski definition) is 2. The van der Waals surface area contributed by atoms with Crippen molar-refractivity contribution >= 4 is 13.7 Å². The van der Waals surface area contributed by atoms with E-state index in [1.54, 1.807) is 0 Å². The van der Waals surface area contributed by atoms with Gasteiger partial charge in [0.15, 0.2) is 0 Å². The van der Waals surface area contributed by atoms with E-state index in [0.29, 0.717) is 23.9 Å². The fourth-order valence-corrected chi connectivity index (χ4v) is 7.91. The van der Waals surface area contributed by atoms with Gasteiger partial charge in [0.25, 0.3) is 7.82 Å². The largest absolute Gasteiger partial charge is 0.756 e. The molecule has 0 rings (SSSR count). The Morgan fingerprint density at radius 3 is 1.29 bits per heavy atom. The number of nitrogens with one attached hydrogen (secondary N) is 1. The van der Waals surface area contributed by atoms with Crippen LogP contribution in [0.2, 0.25) is 0 Å². The lowest BCUT2D eigenvalue weighted by molar-refractivity contribution is -0.870. The quantitative estimate of drug-likeness (QED) is 0.0272. The van der Waals surface area contributed by atoms with Gasteiger partial charge in [-0.1, -0.05) is 225 Å². The number of quaternary nitrogens is 1. The molecule has 0 aliphatic rings. The molecule has 9 heteroatoms. The Kier molecular flexibility index (Phi) is 47.6. The highest BCUT2D eigenvalue weighted by atomic mass is 31.2. The Morgan fingerprint density at radius 1 is 0.522 bits per heavy atom. The topological polar surface area (TPSA) is 108 Å². The van der Waals surface area contributed by atoms with Crippen LogP contribution in [0.4, 0.5) is 0 Å². The molecule has 0 heterocycles. The van der Waals surface area contributed by atoms with Crippen LogP contribution in [0, 0.1) is 0 Å². The monoisotopic (exact) mass is 979 g/mol. The molecule has 0 aromatic rings. The molecule has 8 nitrogen and oxygen atoms in total. The first-order valence-electron chi connectivity index (χ1n) is 27.4. The van der Waals surface area contributed by atoms with Crippen molar-refractivity contribution in [2.75, 3.05) is 40.9 Å². The highest BCUT2D eigenvalue weighted by Crippen LogP contribution is 2.38. The Hall–Kier alpha value is -3.10. The van der Waals surface area contributed by atoms with Gasteiger partial charge in [0.2, 0.25) is 5.91 Å². The zero-order valence-electron chi connectivity index (χ0n) is 44.7. The minimum absolute atomic E-state index is 0.000159. The maximum atomic E-state index is 12.9. The Bertz CT molecular complexity index is 1530. The van der Waals surface area contributed by atoms with Crippen molar-refractivity contribution in [1.29, 1.82) is 0 Å². The number of phosphoric acid groups is 1. The maximum Gasteiger partial charge on any atom is 0.268 e. The number of hydrogen-bond acceptors (Lipinski definition) is 6. The van der Waals surface area contributed by atoms with Gasteiger partial charge in [0.1, 0.15) is 13.2 Å². The zero-order chi connectivity index (χ0) is 50.6. The van der Waals surface area contributed by atoms with Gasteiger partial charge in [-0.2, -0.15) is 0 Å². The molecule has 3 atom stereocenters. The average molecular weight is 979 g/mol. The van der Waals surface area contributed by atoms with Gasteiger partial charge in [0.05, 0.1) is 39.9 Å². The van der Waals surface area contributed by atoms with Crippen LogP contribution in [0.25, 0.3) is 0 Å². The van der Waals surface area contributed by atoms with Gasteiger partial charge >= 0.3 is 0 Å². The van der Waals surface area contributed by atoms with Gasteiger partial charge < -0.3 is 28.8 Å². The van der Waals surface area contributed by atoms with Crippen molar-refractivity contribution in [1.82, 2.24) is 5.32 Å². The summed E-state index contributed by atoms with van der Waals surface area (Å²) in [6.07, 6.45) is 73.7. The minimum atomic E-state index is -4.58. The van der Waals surface area contributed by atoms with E-state index in [1.807, 2.05) is 21.1 Å². The normalized spacial score (nSPS) is 14.9. The number of phosphoric ester groups is 1. The second-order valence-electron chi connectivity index (χ2n) is 19.2. The van der Waals surface area contributed by atoms with Crippen molar-refractivity contribution in [3.8, 4) is 0 Å². The molecule has 3 unspecified atom stereocenters. The third kappa shape index (κ3) is 52.6. The van der Waals surface area contributed by atoms with Crippen molar-refractivity contribution < 1.29 is 32.9 Å². The molecule has 0 spiro atoms. The fraction of sp³-hybridized carbons (Fsp3) is 0.650. The molecule has 0 aliphatic heterocycles. The molecule has 0 aromatic carbocycles. The lowest BCUT2D eigenvalue weighted by atomic mass is 10.0. The third-order valence-corrected chi connectivity index (χ3v) is 12.4. The Morgan fingerprint density at radius 2 is 0.884 bits per heavy atom. The van der Waals surface area contributed by atoms with Gasteiger partial charge in [0, 0.05) is 6.42 Å². The molecular weight excluding hydrogens is 876 g/mol. The average Bonchev–Trinajstić information content (AvgIpc) is 3.31. The number of nitrogens with zero attached hydrogens (tertiary/aromatic N) is 1. The Balaban J connectivity index is 4.22. The number of allylic oxidation sites excluding steroid dienone is 20. The molecule has 69 heavy (non-hydrogen) atoms. The Labute approximate surface area is 424 Å². The van der Waals surface area contributed by atoms with Gasteiger partial charge in [-0.05, 0) is 89.9 Å². The number of carbonyl (C=O) groups excluding carboxylic acids is 1. The summed E-state index contributed by atoms with van der Waals surface area (Å²) >= 11 is 0. The number of aliphatic hydroxyl groups is 1. The summed E-state index contributed by atoms with van der Waals surface area (Å²) in [7, 11) is 1.27. The van der Waals surface area contributed by atoms with Crippen molar-refractivity contribution in [3.05, 3.63) is 122 Å². The van der Waals surface area contributed by atoms with Crippen LogP contribution in [-0.2, 0) is 18.4 Å². The first kappa shape index (κ1) is 65.9. The molecule has 0 radical (unpaired) electrons. The number of likely N-dealkylation sites (N-methyl/N-ethyl adjacent to an activating group) is 1. The predicted octanol–water partition coefficient (Wildman–Crippen LogP) is 16.0. The zero-order valence-corrected chi connectivity index (χ0v) is 45.6. The standard InChI is InChI=1S/C60H103N2O6P/c1-6-8-10-12-14-16-18-20-21-22-23-24-25-26-27-28-29-30-31-32-33-34-35-36-37-38-39-40-41-42-44-46-48-50-52-54-60(64)61-58(57-68-69(65,66)67-56-55-62(3,4)5)59(63)53-51-49-47-45-43-19-17-15-13-11-9-7-2/h8,10,14,16,20-21,23-24,26-27,29-30,32-33,35-36,38-39,41-42,58-59,63H,6-7,9,11-13,15,17-19,22,25,28,31,34,37,40,43-57H2,1-5H3,(H-,61,64,65,66)/b10-8-,16-14-,21-20-,24-23-,27-26-,30-29-,33-32-,36-35-,39-38-,42-41-. The summed E-state index contributed by atoms with van der Waals surface area (Å²) in [5, 5.41) is 13.9. The first-order chi connectivity index (χ1) is 33.5. The number of rotatable bonds is 48. The van der Waals surface area contributed by atoms with E-state index in [-0.39, 0.29) is 19.1 Å². The predicted molar refractivity (Wildman–Crippen MR) is 297 cm³/mol. The molecule has 0 fully saturated rings. The van der Waals surface area contributed by atoms with Gasteiger partial charge in [-0.15, -0.1) is 0 Å². The summed E-state index contributed by atoms with van der Waals surface area (Å²) < 4.78 is 23.3. The second-order valence-corrected chi connectivity index (χ2v) is 20.6. The van der Waals surface area contributed by atoms with Crippen LogP contribution in [0.1, 0.15) is 200 Å². The third-order valence-electron chi connectivity index (χ3n) is 11.5. The molecule has 0 bridgehead atoms. The number of aliphatic hydroxyl groups excluding tert-OH is 1. The highest BCUT2D eigenvalue weighted by molar-refractivity contribution is 7.45. The van der Waals surface area contributed by atoms with E-state index in [0.717, 1.165) is 116 Å². The van der Waals surface area contributed by atoms with E-state index in [2.05, 4.69) is 141 Å². The molecule has 2 N–H and O–H groups in total. The SMILES string of the molecule is CC/C=C\C/C=C\C/C=C\C/C=C\C/C=C\C/C=C\C/C=C\C/C=C\C/C=C\C/C=C\CCCCCCC(=O)NC(COP(=O)([O-])OCC[N+](C)(C)C)C(O)CCCCCCCCCCCCCC. The van der Waals surface area contributed by atoms with Gasteiger partial charge in [-0.3, -0.25) is 9.36 Å². The first-order valence-corrected chi connectivity index (χ1v) is 28.8. The van der Waals surface area contributed by atoms with Crippen molar-refractivity contribution in [3.63, 3.8) is 0 Å². The number of carbonyl (C=O) groups is 1. The number of unbranched alkanes of at least 4 members (excludes halogenated alkanes) is 15. The highest BCUT2D eigenvalue weighted by Gasteiger charge is 2.24. The van der Waals surface area contributed by atoms with E-state index in [4.69, 9.17) is 9.05 Å². The molecular formula is C60H103N2O6P. The smallest absolute Gasteiger partial charge is 0.268 e. The van der Waals surface area contributed by atoms with Crippen LogP contribution in [-0.4, -0.2) is 68.5 Å². The van der Waals surface area contributed by atoms with E-state index >= 15 is 0 Å².